The van der Waals surface area contributed by atoms with Gasteiger partial charge in [0.15, 0.2) is 23.2 Å². The molecule has 2 aromatic heterocycles. The predicted molar refractivity (Wildman–Crippen MR) is 115 cm³/mol. The second-order valence-electron chi connectivity index (χ2n) is 8.54. The van der Waals surface area contributed by atoms with Crippen LogP contribution in [0.25, 0.3) is 0 Å². The Morgan fingerprint density at radius 2 is 2.00 bits per heavy atom. The van der Waals surface area contributed by atoms with Crippen molar-refractivity contribution in [2.24, 2.45) is 7.05 Å². The van der Waals surface area contributed by atoms with Crippen LogP contribution in [0, 0.1) is 6.92 Å². The molecule has 1 N–H and O–H groups in total. The number of fused-ring (bicyclic) bond motifs is 2. The number of anilines is 1. The summed E-state index contributed by atoms with van der Waals surface area (Å²) in [5, 5.41) is 11.4. The molecule has 4 heterocycles. The summed E-state index contributed by atoms with van der Waals surface area (Å²) in [5.41, 5.74) is 2.18. The van der Waals surface area contributed by atoms with E-state index in [1.54, 1.807) is 43.2 Å². The molecular formula is C22H23F3N6O3. The minimum absolute atomic E-state index is 0.0628. The van der Waals surface area contributed by atoms with Crippen LogP contribution in [0.1, 0.15) is 45.8 Å². The second kappa shape index (κ2) is 7.96. The molecule has 0 fully saturated rings. The van der Waals surface area contributed by atoms with Gasteiger partial charge in [-0.1, -0.05) is 6.07 Å². The molecule has 2 aliphatic rings. The molecule has 1 amide bonds. The van der Waals surface area contributed by atoms with E-state index in [9.17, 15) is 18.0 Å². The summed E-state index contributed by atoms with van der Waals surface area (Å²) >= 11 is 0. The number of carbonyl (C=O) groups is 1. The number of nitrogens with one attached hydrogen (secondary N) is 1. The van der Waals surface area contributed by atoms with Crippen molar-refractivity contribution in [3.63, 3.8) is 0 Å². The number of halogens is 3. The van der Waals surface area contributed by atoms with Gasteiger partial charge in [-0.25, -0.2) is 4.68 Å². The van der Waals surface area contributed by atoms with Crippen LogP contribution in [0.15, 0.2) is 30.5 Å². The number of alkyl halides is 3. The highest BCUT2D eigenvalue weighted by Crippen LogP contribution is 2.45. The Bertz CT molecular complexity index is 1250. The molecule has 0 radical (unpaired) electrons. The smallest absolute Gasteiger partial charge is 0.410 e. The average Bonchev–Trinajstić information content (AvgIpc) is 3.49. The summed E-state index contributed by atoms with van der Waals surface area (Å²) in [4.78, 5) is 14.4. The van der Waals surface area contributed by atoms with Gasteiger partial charge in [0, 0.05) is 44.9 Å². The number of carbonyl (C=O) groups excluding carboxylic acids is 1. The minimum atomic E-state index is -4.55. The fourth-order valence-corrected chi connectivity index (χ4v) is 4.35. The van der Waals surface area contributed by atoms with Gasteiger partial charge in [-0.3, -0.25) is 9.48 Å². The Kier molecular flexibility index (Phi) is 5.18. The third kappa shape index (κ3) is 3.93. The summed E-state index contributed by atoms with van der Waals surface area (Å²) in [7, 11) is 3.36. The molecule has 0 unspecified atom stereocenters. The van der Waals surface area contributed by atoms with Crippen molar-refractivity contribution in [3.05, 3.63) is 53.0 Å². The lowest BCUT2D eigenvalue weighted by molar-refractivity contribution is -0.173. The van der Waals surface area contributed by atoms with E-state index in [1.807, 2.05) is 6.92 Å². The molecule has 0 bridgehead atoms. The van der Waals surface area contributed by atoms with Crippen LogP contribution in [0.4, 0.5) is 19.0 Å². The zero-order valence-corrected chi connectivity index (χ0v) is 18.8. The van der Waals surface area contributed by atoms with Gasteiger partial charge in [-0.2, -0.15) is 23.4 Å². The monoisotopic (exact) mass is 476 g/mol. The second-order valence-corrected chi connectivity index (χ2v) is 8.54. The van der Waals surface area contributed by atoms with E-state index in [0.29, 0.717) is 17.1 Å². The predicted octanol–water partition coefficient (Wildman–Crippen LogP) is 3.59. The Morgan fingerprint density at radius 1 is 1.24 bits per heavy atom. The molecule has 1 aromatic carbocycles. The van der Waals surface area contributed by atoms with Crippen LogP contribution in [-0.2, 0) is 13.6 Å². The number of hydrogen-bond donors (Lipinski definition) is 1. The summed E-state index contributed by atoms with van der Waals surface area (Å²) in [6, 6.07) is 3.90. The number of aryl methyl sites for hydroxylation is 2. The van der Waals surface area contributed by atoms with E-state index in [-0.39, 0.29) is 31.3 Å². The lowest BCUT2D eigenvalue weighted by Crippen LogP contribution is -2.35. The van der Waals surface area contributed by atoms with Crippen molar-refractivity contribution < 1.29 is 27.4 Å². The molecule has 0 spiro atoms. The Morgan fingerprint density at radius 3 is 2.71 bits per heavy atom. The van der Waals surface area contributed by atoms with Crippen LogP contribution >= 0.6 is 0 Å². The lowest BCUT2D eigenvalue weighted by atomic mass is 9.96. The van der Waals surface area contributed by atoms with Crippen LogP contribution < -0.4 is 14.8 Å². The number of amides is 1. The highest BCUT2D eigenvalue weighted by atomic mass is 19.4. The molecule has 0 aliphatic carbocycles. The molecule has 2 atom stereocenters. The summed E-state index contributed by atoms with van der Waals surface area (Å²) in [6.45, 7) is 2.17. The molecule has 3 aromatic rings. The van der Waals surface area contributed by atoms with Crippen molar-refractivity contribution in [3.8, 4) is 11.5 Å². The van der Waals surface area contributed by atoms with Gasteiger partial charge < -0.3 is 19.7 Å². The molecule has 0 saturated heterocycles. The average molecular weight is 476 g/mol. The van der Waals surface area contributed by atoms with Crippen LogP contribution in [0.3, 0.4) is 0 Å². The summed E-state index contributed by atoms with van der Waals surface area (Å²) in [6.07, 6.45) is -3.03. The molecule has 5 rings (SSSR count). The molecule has 34 heavy (non-hydrogen) atoms. The quantitative estimate of drug-likeness (QED) is 0.620. The van der Waals surface area contributed by atoms with Gasteiger partial charge in [0.05, 0.1) is 11.7 Å². The van der Waals surface area contributed by atoms with E-state index < -0.39 is 24.2 Å². The molecule has 2 aliphatic heterocycles. The first kappa shape index (κ1) is 22.1. The lowest BCUT2D eigenvalue weighted by Gasteiger charge is -2.33. The molecular weight excluding hydrogens is 453 g/mol. The molecule has 12 heteroatoms. The summed E-state index contributed by atoms with van der Waals surface area (Å²) in [5.74, 6) is 0.694. The zero-order valence-electron chi connectivity index (χ0n) is 18.8. The number of rotatable bonds is 4. The fourth-order valence-electron chi connectivity index (χ4n) is 4.35. The zero-order chi connectivity index (χ0) is 24.2. The van der Waals surface area contributed by atoms with Crippen molar-refractivity contribution >= 4 is 11.7 Å². The number of ether oxygens (including phenoxy) is 2. The van der Waals surface area contributed by atoms with Gasteiger partial charge >= 0.3 is 6.18 Å². The first-order valence-electron chi connectivity index (χ1n) is 10.7. The largest absolute Gasteiger partial charge is 0.454 e. The number of aromatic nitrogens is 4. The SMILES string of the molecule is Cc1nn(C)cc1CN(C)C(=O)c1cc2n(n1)[C@H](C(F)(F)F)C[C@H](c1ccc3c(c1)OCO3)N2. The van der Waals surface area contributed by atoms with E-state index >= 15 is 0 Å². The normalized spacial score (nSPS) is 19.0. The van der Waals surface area contributed by atoms with Crippen molar-refractivity contribution in [2.75, 3.05) is 19.2 Å². The molecule has 180 valence electrons. The van der Waals surface area contributed by atoms with Crippen LogP contribution in [-0.4, -0.2) is 50.4 Å². The van der Waals surface area contributed by atoms with Crippen LogP contribution in [0.2, 0.25) is 0 Å². The van der Waals surface area contributed by atoms with Gasteiger partial charge in [-0.05, 0) is 24.6 Å². The minimum Gasteiger partial charge on any atom is -0.454 e. The van der Waals surface area contributed by atoms with Crippen molar-refractivity contribution in [1.82, 2.24) is 24.5 Å². The molecule has 9 nitrogen and oxygen atoms in total. The number of benzene rings is 1. The van der Waals surface area contributed by atoms with Gasteiger partial charge in [0.1, 0.15) is 5.82 Å². The highest BCUT2D eigenvalue weighted by molar-refractivity contribution is 5.93. The summed E-state index contributed by atoms with van der Waals surface area (Å²) < 4.78 is 55.1. The topological polar surface area (TPSA) is 86.4 Å². The number of nitrogens with zero attached hydrogens (tertiary/aromatic N) is 5. The van der Waals surface area contributed by atoms with E-state index in [4.69, 9.17) is 9.47 Å². The number of hydrogen-bond acceptors (Lipinski definition) is 6. The maximum atomic E-state index is 14.0. The van der Waals surface area contributed by atoms with Gasteiger partial charge in [0.25, 0.3) is 5.91 Å². The van der Waals surface area contributed by atoms with E-state index in [1.165, 1.54) is 11.0 Å². The first-order chi connectivity index (χ1) is 16.1. The maximum Gasteiger partial charge on any atom is 0.410 e. The van der Waals surface area contributed by atoms with E-state index in [0.717, 1.165) is 15.9 Å². The third-order valence-corrected chi connectivity index (χ3v) is 6.08. The first-order valence-corrected chi connectivity index (χ1v) is 10.7. The fraction of sp³-hybridized carbons (Fsp3) is 0.409. The Balaban J connectivity index is 1.42. The molecule has 0 saturated carbocycles. The van der Waals surface area contributed by atoms with Gasteiger partial charge in [0.2, 0.25) is 6.79 Å². The third-order valence-electron chi connectivity index (χ3n) is 6.08. The highest BCUT2D eigenvalue weighted by Gasteiger charge is 2.47. The maximum absolute atomic E-state index is 14.0. The Hall–Kier alpha value is -3.70. The Labute approximate surface area is 193 Å². The van der Waals surface area contributed by atoms with Crippen molar-refractivity contribution in [1.29, 1.82) is 0 Å². The van der Waals surface area contributed by atoms with Crippen molar-refractivity contribution in [2.45, 2.75) is 38.1 Å². The van der Waals surface area contributed by atoms with E-state index in [2.05, 4.69) is 15.5 Å². The van der Waals surface area contributed by atoms with Gasteiger partial charge in [-0.15, -0.1) is 0 Å². The van der Waals surface area contributed by atoms with Crippen LogP contribution in [0.5, 0.6) is 11.5 Å². The standard InChI is InChI=1S/C22H23F3N6O3/c1-12-14(10-30(3)27-12)9-29(2)21(32)16-8-20-26-15(7-19(22(23,24)25)31(20)28-16)13-4-5-17-18(6-13)34-11-33-17/h4-6,8,10,15,19,26H,7,9,11H2,1-3H3/t15-,19+/m1/s1.